The number of benzene rings is 1. The van der Waals surface area contributed by atoms with Crippen molar-refractivity contribution in [2.24, 2.45) is 0 Å². The van der Waals surface area contributed by atoms with Crippen LogP contribution in [0.5, 0.6) is 0 Å². The number of rotatable bonds is 9. The Hall–Kier alpha value is -1.62. The van der Waals surface area contributed by atoms with Gasteiger partial charge >= 0.3 is 47.0 Å². The molecule has 18 heteroatoms. The van der Waals surface area contributed by atoms with Gasteiger partial charge in [-0.15, -0.1) is 0 Å². The van der Waals surface area contributed by atoms with Crippen molar-refractivity contribution in [3.63, 3.8) is 0 Å². The Bertz CT molecular complexity index is 939. The molecule has 0 bridgehead atoms. The van der Waals surface area contributed by atoms with Gasteiger partial charge in [0.25, 0.3) is 0 Å². The summed E-state index contributed by atoms with van der Waals surface area (Å²) >= 11 is -1.53. The molecule has 0 spiro atoms. The summed E-state index contributed by atoms with van der Waals surface area (Å²) in [5, 5.41) is -6.46. The monoisotopic (exact) mass is 598 g/mol. The van der Waals surface area contributed by atoms with E-state index in [0.29, 0.717) is 5.56 Å². The maximum Gasteiger partial charge on any atom is 0.460 e. The molecule has 0 atom stereocenters. The normalized spacial score (nSPS) is 15.8. The molecule has 0 amide bonds. The van der Waals surface area contributed by atoms with Gasteiger partial charge in [-0.1, -0.05) is 56.8 Å². The van der Waals surface area contributed by atoms with Crippen molar-refractivity contribution in [2.75, 3.05) is 0 Å². The first-order chi connectivity index (χ1) is 15.9. The van der Waals surface area contributed by atoms with E-state index >= 15 is 0 Å². The molecule has 1 aromatic rings. The molecule has 0 aliphatic rings. The van der Waals surface area contributed by atoms with Gasteiger partial charge in [0.2, 0.25) is 0 Å². The fraction of sp³-hybridized carbons (Fsp3) is 0.684. The van der Waals surface area contributed by atoms with E-state index in [1.807, 2.05) is 0 Å². The first-order valence-corrected chi connectivity index (χ1v) is 10.4. The molecular weight excluding hydrogens is 583 g/mol. The van der Waals surface area contributed by atoms with Crippen LogP contribution in [0.25, 0.3) is 0 Å². The van der Waals surface area contributed by atoms with Crippen molar-refractivity contribution in [1.29, 1.82) is 0 Å². The van der Waals surface area contributed by atoms with Crippen LogP contribution in [0.4, 0.5) is 74.6 Å². The van der Waals surface area contributed by atoms with Gasteiger partial charge in [-0.05, 0) is 16.5 Å². The first kappa shape index (κ1) is 33.4. The zero-order valence-corrected chi connectivity index (χ0v) is 19.2. The lowest BCUT2D eigenvalue weighted by molar-refractivity contribution is -0.458. The summed E-state index contributed by atoms with van der Waals surface area (Å²) < 4.78 is 225. The van der Waals surface area contributed by atoms with Gasteiger partial charge in [-0.3, -0.25) is 0 Å². The Morgan fingerprint density at radius 2 is 0.811 bits per heavy atom. The summed E-state index contributed by atoms with van der Waals surface area (Å²) in [5.41, 5.74) is -0.263. The molecule has 0 heterocycles. The second kappa shape index (κ2) is 9.24. The quantitative estimate of drug-likeness (QED) is 0.256. The smallest absolute Gasteiger partial charge is 0.192 e. The minimum Gasteiger partial charge on any atom is -0.192 e. The first-order valence-electron chi connectivity index (χ1n) is 9.38. The Morgan fingerprint density at radius 1 is 0.486 bits per heavy atom. The summed E-state index contributed by atoms with van der Waals surface area (Å²) in [7, 11) is 0. The molecule has 0 unspecified atom stereocenters. The summed E-state index contributed by atoms with van der Waals surface area (Å²) in [6.45, 7) is 5.08. The van der Waals surface area contributed by atoms with Crippen LogP contribution < -0.4 is 0 Å². The maximum absolute atomic E-state index is 13.9. The van der Waals surface area contributed by atoms with Crippen molar-refractivity contribution in [1.82, 2.24) is 0 Å². The molecule has 216 valence electrons. The summed E-state index contributed by atoms with van der Waals surface area (Å²) in [4.78, 5) is 0. The van der Waals surface area contributed by atoms with Gasteiger partial charge < -0.3 is 0 Å². The van der Waals surface area contributed by atoms with Crippen LogP contribution in [0.3, 0.4) is 0 Å². The highest BCUT2D eigenvalue weighted by Gasteiger charge is 2.95. The second-order valence-electron chi connectivity index (χ2n) is 8.70. The van der Waals surface area contributed by atoms with Crippen LogP contribution in [0.1, 0.15) is 31.9 Å². The summed E-state index contributed by atoms with van der Waals surface area (Å²) in [6.07, 6.45) is -7.77. The van der Waals surface area contributed by atoms with E-state index in [9.17, 15) is 74.6 Å². The highest BCUT2D eigenvalue weighted by molar-refractivity contribution is 7.99. The predicted molar refractivity (Wildman–Crippen MR) is 97.1 cm³/mol. The summed E-state index contributed by atoms with van der Waals surface area (Å²) in [5.74, 6) is -51.1. The summed E-state index contributed by atoms with van der Waals surface area (Å²) in [6, 6.07) is 4.59. The minimum absolute atomic E-state index is 0.315. The lowest BCUT2D eigenvalue weighted by atomic mass is 9.87. The van der Waals surface area contributed by atoms with E-state index in [2.05, 4.69) is 0 Å². The Kier molecular flexibility index (Phi) is 8.35. The van der Waals surface area contributed by atoms with Gasteiger partial charge in [0.15, 0.2) is 0 Å². The third kappa shape index (κ3) is 5.18. The number of halogens is 17. The highest BCUT2D eigenvalue weighted by atomic mass is 32.2. The molecule has 0 aliphatic carbocycles. The Morgan fingerprint density at radius 3 is 1.14 bits per heavy atom. The zero-order chi connectivity index (χ0) is 29.9. The van der Waals surface area contributed by atoms with Gasteiger partial charge in [-0.2, -0.15) is 74.6 Å². The molecule has 0 fully saturated rings. The van der Waals surface area contributed by atoms with E-state index in [0.717, 1.165) is 12.1 Å². The molecule has 1 aromatic carbocycles. The molecule has 0 N–H and O–H groups in total. The average Bonchev–Trinajstić information content (AvgIpc) is 2.70. The Labute approximate surface area is 201 Å². The molecule has 0 aliphatic heterocycles. The standard InChI is InChI=1S/C19H15F17S/c1-11(2,3)10-6-4-9(5-7-10)8-37-19(35,36)17(30,31)15(26,27)13(22,23)12(20,21)14(24,25)16(28,29)18(32,33)34/h4-7H,8H2,1-3H3. The third-order valence-corrected chi connectivity index (χ3v) is 6.03. The second-order valence-corrected chi connectivity index (χ2v) is 9.79. The van der Waals surface area contributed by atoms with E-state index in [1.54, 1.807) is 20.8 Å². The van der Waals surface area contributed by atoms with Crippen molar-refractivity contribution in [2.45, 2.75) is 78.9 Å². The van der Waals surface area contributed by atoms with Gasteiger partial charge in [0.05, 0.1) is 0 Å². The molecule has 37 heavy (non-hydrogen) atoms. The van der Waals surface area contributed by atoms with E-state index in [4.69, 9.17) is 0 Å². The number of thioether (sulfide) groups is 1. The number of hydrogen-bond acceptors (Lipinski definition) is 1. The molecule has 0 saturated heterocycles. The fourth-order valence-corrected chi connectivity index (χ4v) is 3.36. The lowest BCUT2D eigenvalue weighted by Gasteiger charge is -2.42. The molecule has 1 rings (SSSR count). The van der Waals surface area contributed by atoms with Crippen LogP contribution in [-0.4, -0.2) is 47.0 Å². The Balaban J connectivity index is 3.40. The van der Waals surface area contributed by atoms with Crippen LogP contribution >= 0.6 is 11.8 Å². The van der Waals surface area contributed by atoms with Crippen LogP contribution in [0, 0.1) is 0 Å². The maximum atomic E-state index is 13.9. The highest BCUT2D eigenvalue weighted by Crippen LogP contribution is 2.65. The van der Waals surface area contributed by atoms with Crippen molar-refractivity contribution in [3.05, 3.63) is 35.4 Å². The molecule has 0 nitrogen and oxygen atoms in total. The topological polar surface area (TPSA) is 0 Å². The minimum atomic E-state index is -8.62. The van der Waals surface area contributed by atoms with Gasteiger partial charge in [0.1, 0.15) is 0 Å². The molecular formula is C19H15F17S. The lowest BCUT2D eigenvalue weighted by Crippen LogP contribution is -2.74. The average molecular weight is 598 g/mol. The SMILES string of the molecule is CC(C)(C)c1ccc(CSC(F)(F)C(F)(F)C(F)(F)C(F)(F)C(F)(F)C(F)(F)C(F)(F)C(F)(F)F)cc1. The van der Waals surface area contributed by atoms with Gasteiger partial charge in [-0.25, -0.2) is 0 Å². The van der Waals surface area contributed by atoms with E-state index in [1.165, 1.54) is 12.1 Å². The van der Waals surface area contributed by atoms with E-state index in [-0.39, 0.29) is 5.56 Å². The number of alkyl halides is 17. The predicted octanol–water partition coefficient (Wildman–Crippen LogP) is 9.18. The zero-order valence-electron chi connectivity index (χ0n) is 18.4. The number of hydrogen-bond donors (Lipinski definition) is 0. The molecule has 0 saturated carbocycles. The van der Waals surface area contributed by atoms with Crippen molar-refractivity contribution in [3.8, 4) is 0 Å². The third-order valence-electron chi connectivity index (χ3n) is 4.93. The van der Waals surface area contributed by atoms with Crippen molar-refractivity contribution >= 4 is 11.8 Å². The fourth-order valence-electron chi connectivity index (χ4n) is 2.52. The van der Waals surface area contributed by atoms with Crippen LogP contribution in [0.2, 0.25) is 0 Å². The van der Waals surface area contributed by atoms with Gasteiger partial charge in [0, 0.05) is 5.75 Å². The largest absolute Gasteiger partial charge is 0.460 e. The van der Waals surface area contributed by atoms with Crippen molar-refractivity contribution < 1.29 is 74.6 Å². The molecule has 0 radical (unpaired) electrons. The molecule has 0 aromatic heterocycles. The van der Waals surface area contributed by atoms with Crippen LogP contribution in [0.15, 0.2) is 24.3 Å². The van der Waals surface area contributed by atoms with Crippen LogP contribution in [-0.2, 0) is 11.2 Å². The van der Waals surface area contributed by atoms with E-state index < -0.39 is 69.9 Å².